The first-order valence-corrected chi connectivity index (χ1v) is 6.56. The Morgan fingerprint density at radius 2 is 2.10 bits per heavy atom. The normalized spacial score (nSPS) is 12.1. The van der Waals surface area contributed by atoms with E-state index in [1.165, 1.54) is 13.0 Å². The SMILES string of the molecule is Cc1cc(=O)n(CC(O)c2ccccc2Cl)cc1[N+](=O)[O-]. The molecule has 110 valence electrons. The van der Waals surface area contributed by atoms with Gasteiger partial charge in [-0.1, -0.05) is 29.8 Å². The largest absolute Gasteiger partial charge is 0.386 e. The summed E-state index contributed by atoms with van der Waals surface area (Å²) in [5, 5.41) is 21.4. The minimum atomic E-state index is -1.03. The molecule has 0 spiro atoms. The number of hydrogen-bond donors (Lipinski definition) is 1. The second-order valence-corrected chi connectivity index (χ2v) is 5.03. The molecule has 0 aliphatic heterocycles. The van der Waals surface area contributed by atoms with Crippen molar-refractivity contribution in [1.29, 1.82) is 0 Å². The average molecular weight is 309 g/mol. The van der Waals surface area contributed by atoms with Gasteiger partial charge in [0.2, 0.25) is 0 Å². The van der Waals surface area contributed by atoms with E-state index in [1.54, 1.807) is 24.3 Å². The zero-order valence-electron chi connectivity index (χ0n) is 11.2. The van der Waals surface area contributed by atoms with Crippen LogP contribution in [0.2, 0.25) is 5.02 Å². The van der Waals surface area contributed by atoms with Gasteiger partial charge in [0, 0.05) is 22.2 Å². The van der Waals surface area contributed by atoms with Gasteiger partial charge >= 0.3 is 0 Å². The molecule has 1 heterocycles. The summed E-state index contributed by atoms with van der Waals surface area (Å²) in [5.41, 5.74) is 0.174. The molecule has 2 rings (SSSR count). The Bertz CT molecular complexity index is 742. The summed E-state index contributed by atoms with van der Waals surface area (Å²) in [4.78, 5) is 22.2. The fourth-order valence-electron chi connectivity index (χ4n) is 2.02. The van der Waals surface area contributed by atoms with Crippen LogP contribution in [0.25, 0.3) is 0 Å². The number of hydrogen-bond acceptors (Lipinski definition) is 4. The number of aliphatic hydroxyl groups excluding tert-OH is 1. The van der Waals surface area contributed by atoms with Crippen LogP contribution >= 0.6 is 11.6 Å². The molecule has 0 saturated carbocycles. The Balaban J connectivity index is 2.36. The van der Waals surface area contributed by atoms with E-state index in [4.69, 9.17) is 11.6 Å². The third kappa shape index (κ3) is 3.29. The topological polar surface area (TPSA) is 85.4 Å². The highest BCUT2D eigenvalue weighted by Gasteiger charge is 2.17. The highest BCUT2D eigenvalue weighted by atomic mass is 35.5. The molecule has 6 nitrogen and oxygen atoms in total. The van der Waals surface area contributed by atoms with Gasteiger partial charge in [-0.15, -0.1) is 0 Å². The molecular weight excluding hydrogens is 296 g/mol. The first-order chi connectivity index (χ1) is 9.90. The molecule has 1 aromatic heterocycles. The van der Waals surface area contributed by atoms with E-state index >= 15 is 0 Å². The third-order valence-electron chi connectivity index (χ3n) is 3.14. The molecule has 0 aliphatic carbocycles. The Kier molecular flexibility index (Phi) is 4.40. The number of aliphatic hydroxyl groups is 1. The quantitative estimate of drug-likeness (QED) is 0.694. The van der Waals surface area contributed by atoms with Gasteiger partial charge in [-0.3, -0.25) is 14.9 Å². The van der Waals surface area contributed by atoms with E-state index in [0.29, 0.717) is 10.6 Å². The van der Waals surface area contributed by atoms with Crippen molar-refractivity contribution >= 4 is 17.3 Å². The molecule has 0 saturated heterocycles. The predicted octanol–water partition coefficient (Wildman–Crippen LogP) is 2.45. The number of rotatable bonds is 4. The van der Waals surface area contributed by atoms with E-state index in [1.807, 2.05) is 0 Å². The van der Waals surface area contributed by atoms with Crippen LogP contribution in [0, 0.1) is 17.0 Å². The average Bonchev–Trinajstić information content (AvgIpc) is 2.41. The summed E-state index contributed by atoms with van der Waals surface area (Å²) in [6, 6.07) is 7.88. The number of halogens is 1. The van der Waals surface area contributed by atoms with Gasteiger partial charge in [-0.25, -0.2) is 0 Å². The second-order valence-electron chi connectivity index (χ2n) is 4.63. The van der Waals surface area contributed by atoms with Gasteiger partial charge in [0.1, 0.15) is 0 Å². The maximum absolute atomic E-state index is 11.9. The van der Waals surface area contributed by atoms with Crippen LogP contribution in [0.4, 0.5) is 5.69 Å². The van der Waals surface area contributed by atoms with Crippen LogP contribution < -0.4 is 5.56 Å². The monoisotopic (exact) mass is 308 g/mol. The van der Waals surface area contributed by atoms with Gasteiger partial charge in [0.25, 0.3) is 11.2 Å². The lowest BCUT2D eigenvalue weighted by Crippen LogP contribution is -2.23. The standard InChI is InChI=1S/C14H13ClN2O4/c1-9-6-14(19)16(7-12(9)17(20)21)8-13(18)10-4-2-3-5-11(10)15/h2-7,13,18H,8H2,1H3. The van der Waals surface area contributed by atoms with E-state index in [2.05, 4.69) is 0 Å². The van der Waals surface area contributed by atoms with E-state index in [-0.39, 0.29) is 17.8 Å². The highest BCUT2D eigenvalue weighted by Crippen LogP contribution is 2.24. The number of nitrogens with zero attached hydrogens (tertiary/aromatic N) is 2. The maximum atomic E-state index is 11.9. The molecular formula is C14H13ClN2O4. The zero-order valence-corrected chi connectivity index (χ0v) is 11.9. The second kappa shape index (κ2) is 6.07. The molecule has 0 radical (unpaired) electrons. The van der Waals surface area contributed by atoms with Crippen molar-refractivity contribution in [2.75, 3.05) is 0 Å². The Morgan fingerprint density at radius 1 is 1.43 bits per heavy atom. The van der Waals surface area contributed by atoms with Crippen molar-refractivity contribution in [2.45, 2.75) is 19.6 Å². The molecule has 1 atom stereocenters. The summed E-state index contributed by atoms with van der Waals surface area (Å²) < 4.78 is 1.11. The van der Waals surface area contributed by atoms with E-state index < -0.39 is 16.6 Å². The number of benzene rings is 1. The molecule has 21 heavy (non-hydrogen) atoms. The van der Waals surface area contributed by atoms with Crippen molar-refractivity contribution in [1.82, 2.24) is 4.57 Å². The molecule has 1 N–H and O–H groups in total. The van der Waals surface area contributed by atoms with Crippen LogP contribution in [-0.2, 0) is 6.54 Å². The van der Waals surface area contributed by atoms with E-state index in [9.17, 15) is 20.0 Å². The van der Waals surface area contributed by atoms with Gasteiger partial charge in [0.15, 0.2) is 0 Å². The number of aryl methyl sites for hydroxylation is 1. The summed E-state index contributed by atoms with van der Waals surface area (Å²) in [6.45, 7) is 1.39. The number of nitro groups is 1. The van der Waals surface area contributed by atoms with Crippen LogP contribution in [-0.4, -0.2) is 14.6 Å². The van der Waals surface area contributed by atoms with Crippen molar-refractivity contribution in [3.63, 3.8) is 0 Å². The Hall–Kier alpha value is -2.18. The lowest BCUT2D eigenvalue weighted by molar-refractivity contribution is -0.386. The van der Waals surface area contributed by atoms with Crippen LogP contribution in [0.15, 0.2) is 41.3 Å². The molecule has 7 heteroatoms. The molecule has 0 amide bonds. The molecule has 0 aliphatic rings. The zero-order chi connectivity index (χ0) is 15.6. The minimum Gasteiger partial charge on any atom is -0.386 e. The van der Waals surface area contributed by atoms with Gasteiger partial charge in [-0.2, -0.15) is 0 Å². The van der Waals surface area contributed by atoms with Crippen molar-refractivity contribution in [2.24, 2.45) is 0 Å². The summed E-state index contributed by atoms with van der Waals surface area (Å²) in [7, 11) is 0. The highest BCUT2D eigenvalue weighted by molar-refractivity contribution is 6.31. The lowest BCUT2D eigenvalue weighted by Gasteiger charge is -2.14. The van der Waals surface area contributed by atoms with Crippen molar-refractivity contribution < 1.29 is 10.0 Å². The van der Waals surface area contributed by atoms with Crippen molar-refractivity contribution in [3.05, 3.63) is 73.1 Å². The summed E-state index contributed by atoms with van der Waals surface area (Å²) in [6.07, 6.45) is 0.108. The summed E-state index contributed by atoms with van der Waals surface area (Å²) in [5.74, 6) is 0. The molecule has 0 fully saturated rings. The molecule has 0 bridgehead atoms. The number of pyridine rings is 1. The minimum absolute atomic E-state index is 0.107. The smallest absolute Gasteiger partial charge is 0.288 e. The lowest BCUT2D eigenvalue weighted by atomic mass is 10.1. The molecule has 1 aromatic carbocycles. The van der Waals surface area contributed by atoms with Crippen LogP contribution in [0.5, 0.6) is 0 Å². The van der Waals surface area contributed by atoms with Crippen LogP contribution in [0.3, 0.4) is 0 Å². The molecule has 2 aromatic rings. The third-order valence-corrected chi connectivity index (χ3v) is 3.48. The summed E-state index contributed by atoms with van der Waals surface area (Å²) >= 11 is 5.98. The van der Waals surface area contributed by atoms with Gasteiger partial charge < -0.3 is 9.67 Å². The fourth-order valence-corrected chi connectivity index (χ4v) is 2.28. The number of aromatic nitrogens is 1. The Labute approximate surface area is 125 Å². The molecule has 1 unspecified atom stereocenters. The van der Waals surface area contributed by atoms with E-state index in [0.717, 1.165) is 10.8 Å². The Morgan fingerprint density at radius 3 is 2.71 bits per heavy atom. The first-order valence-electron chi connectivity index (χ1n) is 6.18. The van der Waals surface area contributed by atoms with Crippen molar-refractivity contribution in [3.8, 4) is 0 Å². The predicted molar refractivity (Wildman–Crippen MR) is 78.5 cm³/mol. The van der Waals surface area contributed by atoms with Gasteiger partial charge in [-0.05, 0) is 13.0 Å². The van der Waals surface area contributed by atoms with Gasteiger partial charge in [0.05, 0.1) is 23.8 Å². The fraction of sp³-hybridized carbons (Fsp3) is 0.214. The first kappa shape index (κ1) is 15.2. The maximum Gasteiger partial charge on any atom is 0.288 e. The van der Waals surface area contributed by atoms with Crippen LogP contribution in [0.1, 0.15) is 17.2 Å².